The first kappa shape index (κ1) is 42.0. The average molecular weight is 889 g/mol. The van der Waals surface area contributed by atoms with Gasteiger partial charge in [-0.05, 0) is 92.7 Å². The Morgan fingerprint density at radius 1 is 0.358 bits per heavy atom. The Bertz CT molecular complexity index is 2940. The molecule has 0 spiro atoms. The lowest BCUT2D eigenvalue weighted by Gasteiger charge is -2.37. The molecule has 332 valence electrons. The highest BCUT2D eigenvalue weighted by Crippen LogP contribution is 2.54. The maximum absolute atomic E-state index is 6.99. The van der Waals surface area contributed by atoms with Gasteiger partial charge in [0.15, 0.2) is 8.07 Å². The molecule has 2 heterocycles. The quantitative estimate of drug-likeness (QED) is 0.112. The molecule has 0 saturated heterocycles. The van der Waals surface area contributed by atoms with Crippen molar-refractivity contribution in [3.8, 4) is 45.3 Å². The molecule has 8 aromatic carbocycles. The SMILES string of the molecule is CC1(C)c2ccccc2Oc2c(-c3ccc([Si](c4ccccc4)(c4ccccc4)c4ccc(-c5cccc6c5Oc5ccccc5C6(C)C)c(C5CCCC5)c4)cc3C3CCCC3)cccc21. The highest BCUT2D eigenvalue weighted by atomic mass is 28.3. The Hall–Kier alpha value is -6.42. The van der Waals surface area contributed by atoms with Crippen LogP contribution >= 0.6 is 0 Å². The van der Waals surface area contributed by atoms with Crippen LogP contribution in [0.1, 0.15) is 124 Å². The minimum atomic E-state index is -2.97. The van der Waals surface area contributed by atoms with E-state index >= 15 is 0 Å². The molecule has 2 fully saturated rings. The molecule has 0 atom stereocenters. The molecular weight excluding hydrogens is 829 g/mol. The highest BCUT2D eigenvalue weighted by Gasteiger charge is 2.44. The van der Waals surface area contributed by atoms with Crippen molar-refractivity contribution in [3.05, 3.63) is 215 Å². The first-order chi connectivity index (χ1) is 32.7. The van der Waals surface area contributed by atoms with Crippen LogP contribution in [0, 0.1) is 0 Å². The highest BCUT2D eigenvalue weighted by molar-refractivity contribution is 7.19. The smallest absolute Gasteiger partial charge is 0.179 e. The zero-order valence-corrected chi connectivity index (χ0v) is 40.4. The van der Waals surface area contributed by atoms with Gasteiger partial charge in [-0.3, -0.25) is 0 Å². The van der Waals surface area contributed by atoms with E-state index in [9.17, 15) is 0 Å². The number of fused-ring (bicyclic) bond motifs is 4. The number of benzene rings is 8. The van der Waals surface area contributed by atoms with Gasteiger partial charge in [-0.2, -0.15) is 0 Å². The summed E-state index contributed by atoms with van der Waals surface area (Å²) in [5.41, 5.74) is 12.6. The van der Waals surface area contributed by atoms with Crippen molar-refractivity contribution in [1.82, 2.24) is 0 Å². The lowest BCUT2D eigenvalue weighted by Crippen LogP contribution is -2.74. The van der Waals surface area contributed by atoms with Crippen molar-refractivity contribution in [2.75, 3.05) is 0 Å². The van der Waals surface area contributed by atoms with E-state index in [-0.39, 0.29) is 10.8 Å². The van der Waals surface area contributed by atoms with E-state index in [4.69, 9.17) is 9.47 Å². The second-order valence-electron chi connectivity index (χ2n) is 20.9. The predicted molar refractivity (Wildman–Crippen MR) is 281 cm³/mol. The topological polar surface area (TPSA) is 18.5 Å². The molecule has 2 saturated carbocycles. The van der Waals surface area contributed by atoms with E-state index < -0.39 is 8.07 Å². The van der Waals surface area contributed by atoms with Crippen LogP contribution < -0.4 is 30.2 Å². The molecule has 0 radical (unpaired) electrons. The summed E-state index contributed by atoms with van der Waals surface area (Å²) in [5.74, 6) is 4.88. The predicted octanol–water partition coefficient (Wildman–Crippen LogP) is 14.6. The molecule has 2 aliphatic heterocycles. The van der Waals surface area contributed by atoms with Crippen LogP contribution in [0.4, 0.5) is 0 Å². The number of hydrogen-bond acceptors (Lipinski definition) is 2. The van der Waals surface area contributed by atoms with E-state index in [2.05, 4.69) is 210 Å². The molecule has 0 unspecified atom stereocenters. The van der Waals surface area contributed by atoms with Gasteiger partial charge in [-0.1, -0.05) is 223 Å². The third-order valence-electron chi connectivity index (χ3n) is 16.5. The maximum atomic E-state index is 6.99. The third-order valence-corrected chi connectivity index (χ3v) is 21.2. The van der Waals surface area contributed by atoms with Gasteiger partial charge in [-0.25, -0.2) is 0 Å². The summed E-state index contributed by atoms with van der Waals surface area (Å²) in [6.45, 7) is 9.40. The molecule has 67 heavy (non-hydrogen) atoms. The molecule has 0 N–H and O–H groups in total. The van der Waals surface area contributed by atoms with E-state index in [0.29, 0.717) is 11.8 Å². The monoisotopic (exact) mass is 888 g/mol. The number of para-hydroxylation sites is 4. The standard InChI is InChI=1S/C64H60O2Si/c1-63(2)55-31-15-17-35-59(55)65-61-51(29-19-33-57(61)63)49-39-37-47(41-53(49)43-21-11-12-22-43)67(45-25-7-5-8-26-45,46-27-9-6-10-28-46)48-38-40-50(54(42-48)44-23-13-14-24-44)52-30-20-34-58-62(52)66-60-36-18-16-32-56(60)64(58,3)4/h5-10,15-20,25-44H,11-14,21-24H2,1-4H3. The van der Waals surface area contributed by atoms with Gasteiger partial charge >= 0.3 is 0 Å². The maximum Gasteiger partial charge on any atom is 0.179 e. The fraction of sp³-hybridized carbons (Fsp3) is 0.250. The number of hydrogen-bond donors (Lipinski definition) is 0. The Labute approximate surface area is 398 Å². The summed E-state index contributed by atoms with van der Waals surface area (Å²) in [5, 5.41) is 5.70. The van der Waals surface area contributed by atoms with E-state index in [1.165, 1.54) is 128 Å². The molecule has 2 aliphatic carbocycles. The fourth-order valence-corrected chi connectivity index (χ4v) is 17.8. The van der Waals surface area contributed by atoms with Gasteiger partial charge in [0.2, 0.25) is 0 Å². The first-order valence-electron chi connectivity index (χ1n) is 25.0. The lowest BCUT2D eigenvalue weighted by molar-refractivity contribution is 0.419. The van der Waals surface area contributed by atoms with Crippen LogP contribution in [0.3, 0.4) is 0 Å². The van der Waals surface area contributed by atoms with Crippen molar-refractivity contribution in [1.29, 1.82) is 0 Å². The van der Waals surface area contributed by atoms with E-state index in [0.717, 1.165) is 23.0 Å². The number of ether oxygens (including phenoxy) is 2. The summed E-state index contributed by atoms with van der Waals surface area (Å²) in [4.78, 5) is 0. The van der Waals surface area contributed by atoms with Gasteiger partial charge in [0, 0.05) is 44.2 Å². The second-order valence-corrected chi connectivity index (χ2v) is 24.7. The molecule has 0 aromatic heterocycles. The van der Waals surface area contributed by atoms with Crippen LogP contribution in [0.25, 0.3) is 22.3 Å². The summed E-state index contributed by atoms with van der Waals surface area (Å²) >= 11 is 0. The first-order valence-corrected chi connectivity index (χ1v) is 27.0. The Morgan fingerprint density at radius 2 is 0.731 bits per heavy atom. The van der Waals surface area contributed by atoms with Crippen molar-refractivity contribution in [3.63, 3.8) is 0 Å². The van der Waals surface area contributed by atoms with Gasteiger partial charge in [0.25, 0.3) is 0 Å². The van der Waals surface area contributed by atoms with Gasteiger partial charge in [0.1, 0.15) is 23.0 Å². The van der Waals surface area contributed by atoms with Gasteiger partial charge in [0.05, 0.1) is 0 Å². The van der Waals surface area contributed by atoms with Crippen molar-refractivity contribution < 1.29 is 9.47 Å². The molecule has 4 aliphatic rings. The van der Waals surface area contributed by atoms with Crippen LogP contribution in [0.5, 0.6) is 23.0 Å². The average Bonchev–Trinajstić information content (AvgIpc) is 4.12. The minimum absolute atomic E-state index is 0.189. The minimum Gasteiger partial charge on any atom is -0.456 e. The van der Waals surface area contributed by atoms with Crippen molar-refractivity contribution in [2.45, 2.75) is 102 Å². The molecule has 12 rings (SSSR count). The largest absolute Gasteiger partial charge is 0.456 e. The second kappa shape index (κ2) is 16.4. The van der Waals surface area contributed by atoms with Crippen LogP contribution in [0.2, 0.25) is 0 Å². The fourth-order valence-electron chi connectivity index (χ4n) is 13.0. The van der Waals surface area contributed by atoms with Gasteiger partial charge in [-0.15, -0.1) is 0 Å². The third kappa shape index (κ3) is 6.71. The Kier molecular flexibility index (Phi) is 10.3. The van der Waals surface area contributed by atoms with Crippen molar-refractivity contribution >= 4 is 28.8 Å². The van der Waals surface area contributed by atoms with Gasteiger partial charge < -0.3 is 9.47 Å². The van der Waals surface area contributed by atoms with Crippen LogP contribution in [-0.4, -0.2) is 8.07 Å². The molecule has 8 aromatic rings. The zero-order chi connectivity index (χ0) is 45.3. The summed E-state index contributed by atoms with van der Waals surface area (Å²) in [6.07, 6.45) is 9.88. The summed E-state index contributed by atoms with van der Waals surface area (Å²) in [6, 6.07) is 69.4. The molecule has 2 nitrogen and oxygen atoms in total. The van der Waals surface area contributed by atoms with E-state index in [1.807, 2.05) is 0 Å². The van der Waals surface area contributed by atoms with E-state index in [1.54, 1.807) is 0 Å². The zero-order valence-electron chi connectivity index (χ0n) is 39.4. The molecule has 0 bridgehead atoms. The summed E-state index contributed by atoms with van der Waals surface area (Å²) in [7, 11) is -2.97. The van der Waals surface area contributed by atoms with Crippen molar-refractivity contribution in [2.24, 2.45) is 0 Å². The normalized spacial score (nSPS) is 17.1. The molecule has 3 heteroatoms. The summed E-state index contributed by atoms with van der Waals surface area (Å²) < 4.78 is 14.0. The van der Waals surface area contributed by atoms with Crippen LogP contribution in [0.15, 0.2) is 182 Å². The molecular formula is C64H60O2Si. The lowest BCUT2D eigenvalue weighted by atomic mass is 9.74. The van der Waals surface area contributed by atoms with Crippen LogP contribution in [-0.2, 0) is 10.8 Å². The molecule has 0 amide bonds. The Morgan fingerprint density at radius 3 is 1.15 bits per heavy atom. The number of rotatable bonds is 8. The Balaban J connectivity index is 1.09.